The molecule has 1 fully saturated rings. The Labute approximate surface area is 191 Å². The molecule has 0 radical (unpaired) electrons. The van der Waals surface area contributed by atoms with Crippen molar-refractivity contribution in [1.29, 1.82) is 0 Å². The number of hydrogen-bond donors (Lipinski definition) is 2. The fourth-order valence-electron chi connectivity index (χ4n) is 3.78. The fourth-order valence-corrected chi connectivity index (χ4v) is 3.78. The second kappa shape index (κ2) is 9.12. The van der Waals surface area contributed by atoms with Crippen LogP contribution in [0.1, 0.15) is 29.0 Å². The third kappa shape index (κ3) is 4.85. The van der Waals surface area contributed by atoms with Gasteiger partial charge in [0.05, 0.1) is 0 Å². The molecule has 0 spiro atoms. The second-order valence-electron chi connectivity index (χ2n) is 7.99. The second-order valence-corrected chi connectivity index (χ2v) is 7.99. The van der Waals surface area contributed by atoms with Crippen molar-refractivity contribution in [2.24, 2.45) is 0 Å². The number of benzene rings is 2. The van der Waals surface area contributed by atoms with Gasteiger partial charge in [-0.05, 0) is 44.0 Å². The third-order valence-corrected chi connectivity index (χ3v) is 5.45. The van der Waals surface area contributed by atoms with Crippen LogP contribution in [-0.2, 0) is 0 Å². The topological polar surface area (TPSA) is 96.2 Å². The number of rotatable bonds is 6. The van der Waals surface area contributed by atoms with Crippen molar-refractivity contribution in [3.63, 3.8) is 0 Å². The van der Waals surface area contributed by atoms with E-state index in [0.717, 1.165) is 41.8 Å². The Kier molecular flexibility index (Phi) is 5.72. The largest absolute Gasteiger partial charge is 0.355 e. The molecular weight excluding hydrogens is 416 g/mol. The molecule has 0 aliphatic carbocycles. The Bertz CT molecular complexity index is 1250. The van der Waals surface area contributed by atoms with Gasteiger partial charge in [-0.3, -0.25) is 4.79 Å². The summed E-state index contributed by atoms with van der Waals surface area (Å²) >= 11 is 0. The molecule has 8 heteroatoms. The maximum atomic E-state index is 12.6. The van der Waals surface area contributed by atoms with E-state index in [1.165, 1.54) is 12.8 Å². The molecule has 0 unspecified atom stereocenters. The Morgan fingerprint density at radius 3 is 2.42 bits per heavy atom. The van der Waals surface area contributed by atoms with Crippen LogP contribution in [-0.4, -0.2) is 34.1 Å². The number of nitrogens with zero attached hydrogens (tertiary/aromatic N) is 4. The Hall–Kier alpha value is -4.20. The zero-order valence-corrected chi connectivity index (χ0v) is 18.3. The maximum absolute atomic E-state index is 12.6. The summed E-state index contributed by atoms with van der Waals surface area (Å²) in [5.74, 6) is 1.73. The van der Waals surface area contributed by atoms with Gasteiger partial charge in [0, 0.05) is 47.9 Å². The van der Waals surface area contributed by atoms with E-state index < -0.39 is 0 Å². The van der Waals surface area contributed by atoms with Crippen molar-refractivity contribution >= 4 is 29.0 Å². The SMILES string of the molecule is Cc1cc(Nc2ccc(NC(=O)c3cc(-c4ccccc4)on3)cc2)nc(N2CCCC2)n1. The average molecular weight is 441 g/mol. The number of amides is 1. The summed E-state index contributed by atoms with van der Waals surface area (Å²) in [6, 6.07) is 20.5. The molecule has 1 aliphatic rings. The van der Waals surface area contributed by atoms with E-state index >= 15 is 0 Å². The van der Waals surface area contributed by atoms with E-state index in [2.05, 4.69) is 30.7 Å². The molecule has 166 valence electrons. The van der Waals surface area contributed by atoms with Crippen LogP contribution in [0, 0.1) is 6.92 Å². The van der Waals surface area contributed by atoms with Gasteiger partial charge in [0.2, 0.25) is 5.95 Å². The molecular formula is C25H24N6O2. The zero-order chi connectivity index (χ0) is 22.6. The van der Waals surface area contributed by atoms with E-state index in [0.29, 0.717) is 11.4 Å². The van der Waals surface area contributed by atoms with Crippen molar-refractivity contribution in [3.05, 3.63) is 78.1 Å². The summed E-state index contributed by atoms with van der Waals surface area (Å²) in [6.07, 6.45) is 2.35. The van der Waals surface area contributed by atoms with Crippen LogP contribution < -0.4 is 15.5 Å². The minimum Gasteiger partial charge on any atom is -0.355 e. The van der Waals surface area contributed by atoms with Crippen LogP contribution in [0.4, 0.5) is 23.1 Å². The maximum Gasteiger partial charge on any atom is 0.277 e. The quantitative estimate of drug-likeness (QED) is 0.434. The van der Waals surface area contributed by atoms with Gasteiger partial charge in [0.1, 0.15) is 5.82 Å². The average Bonchev–Trinajstić information content (AvgIpc) is 3.53. The number of aromatic nitrogens is 3. The first-order valence-corrected chi connectivity index (χ1v) is 11.0. The summed E-state index contributed by atoms with van der Waals surface area (Å²) in [5, 5.41) is 10.1. The number of aryl methyl sites for hydroxylation is 1. The van der Waals surface area contributed by atoms with Gasteiger partial charge in [0.25, 0.3) is 5.91 Å². The summed E-state index contributed by atoms with van der Waals surface area (Å²) in [4.78, 5) is 24.0. The van der Waals surface area contributed by atoms with Crippen molar-refractivity contribution in [3.8, 4) is 11.3 Å². The first-order valence-electron chi connectivity index (χ1n) is 11.0. The van der Waals surface area contributed by atoms with Gasteiger partial charge in [-0.1, -0.05) is 35.5 Å². The van der Waals surface area contributed by atoms with E-state index in [4.69, 9.17) is 4.52 Å². The summed E-state index contributed by atoms with van der Waals surface area (Å²) in [6.45, 7) is 3.96. The highest BCUT2D eigenvalue weighted by molar-refractivity contribution is 6.03. The highest BCUT2D eigenvalue weighted by Gasteiger charge is 2.16. The summed E-state index contributed by atoms with van der Waals surface area (Å²) < 4.78 is 5.31. The van der Waals surface area contributed by atoms with Gasteiger partial charge < -0.3 is 20.1 Å². The minimum atomic E-state index is -0.330. The highest BCUT2D eigenvalue weighted by Crippen LogP contribution is 2.23. The number of carbonyl (C=O) groups excluding carboxylic acids is 1. The van der Waals surface area contributed by atoms with E-state index in [1.807, 2.05) is 67.6 Å². The molecule has 2 aromatic heterocycles. The molecule has 3 heterocycles. The van der Waals surface area contributed by atoms with Gasteiger partial charge in [-0.2, -0.15) is 4.98 Å². The van der Waals surface area contributed by atoms with Crippen molar-refractivity contribution in [2.75, 3.05) is 28.6 Å². The fraction of sp³-hybridized carbons (Fsp3) is 0.200. The normalized spacial score (nSPS) is 13.2. The van der Waals surface area contributed by atoms with Crippen molar-refractivity contribution in [1.82, 2.24) is 15.1 Å². The van der Waals surface area contributed by atoms with Crippen LogP contribution in [0.3, 0.4) is 0 Å². The lowest BCUT2D eigenvalue weighted by Gasteiger charge is -2.17. The number of anilines is 4. The van der Waals surface area contributed by atoms with Crippen molar-refractivity contribution < 1.29 is 9.32 Å². The van der Waals surface area contributed by atoms with E-state index in [-0.39, 0.29) is 11.6 Å². The molecule has 33 heavy (non-hydrogen) atoms. The lowest BCUT2D eigenvalue weighted by molar-refractivity contribution is 0.101. The molecule has 2 aromatic carbocycles. The zero-order valence-electron chi connectivity index (χ0n) is 18.3. The summed E-state index contributed by atoms with van der Waals surface area (Å²) in [5.41, 5.74) is 3.53. The number of carbonyl (C=O) groups is 1. The highest BCUT2D eigenvalue weighted by atomic mass is 16.5. The standard InChI is InChI=1S/C25H24N6O2/c1-17-15-23(29-25(26-17)31-13-5-6-14-31)27-19-9-11-20(12-10-19)28-24(32)21-16-22(33-30-21)18-7-3-2-4-8-18/h2-4,7-12,15-16H,5-6,13-14H2,1H3,(H,28,32)(H,26,27,29). The molecule has 0 saturated carbocycles. The number of hydrogen-bond acceptors (Lipinski definition) is 7. The molecule has 4 aromatic rings. The number of nitrogens with one attached hydrogen (secondary N) is 2. The van der Waals surface area contributed by atoms with Crippen molar-refractivity contribution in [2.45, 2.75) is 19.8 Å². The van der Waals surface area contributed by atoms with Crippen LogP contribution in [0.15, 0.2) is 71.3 Å². The molecule has 5 rings (SSSR count). The Balaban J connectivity index is 1.24. The van der Waals surface area contributed by atoms with Gasteiger partial charge in [0.15, 0.2) is 11.5 Å². The first-order chi connectivity index (χ1) is 16.1. The molecule has 1 saturated heterocycles. The molecule has 1 aliphatic heterocycles. The monoisotopic (exact) mass is 440 g/mol. The summed E-state index contributed by atoms with van der Waals surface area (Å²) in [7, 11) is 0. The lowest BCUT2D eigenvalue weighted by Crippen LogP contribution is -2.21. The minimum absolute atomic E-state index is 0.224. The Morgan fingerprint density at radius 2 is 1.67 bits per heavy atom. The van der Waals surface area contributed by atoms with Crippen LogP contribution in [0.25, 0.3) is 11.3 Å². The van der Waals surface area contributed by atoms with Gasteiger partial charge in [-0.15, -0.1) is 0 Å². The molecule has 0 atom stereocenters. The lowest BCUT2D eigenvalue weighted by atomic mass is 10.1. The smallest absolute Gasteiger partial charge is 0.277 e. The molecule has 1 amide bonds. The van der Waals surface area contributed by atoms with Gasteiger partial charge in [-0.25, -0.2) is 4.98 Å². The predicted octanol–water partition coefficient (Wildman–Crippen LogP) is 5.04. The van der Waals surface area contributed by atoms with Crippen LogP contribution in [0.2, 0.25) is 0 Å². The van der Waals surface area contributed by atoms with Crippen LogP contribution >= 0.6 is 0 Å². The molecule has 2 N–H and O–H groups in total. The Morgan fingerprint density at radius 1 is 0.939 bits per heavy atom. The third-order valence-electron chi connectivity index (χ3n) is 5.45. The molecule has 0 bridgehead atoms. The van der Waals surface area contributed by atoms with Crippen LogP contribution in [0.5, 0.6) is 0 Å². The van der Waals surface area contributed by atoms with E-state index in [9.17, 15) is 4.79 Å². The molecule has 8 nitrogen and oxygen atoms in total. The van der Waals surface area contributed by atoms with Gasteiger partial charge >= 0.3 is 0 Å². The predicted molar refractivity (Wildman–Crippen MR) is 128 cm³/mol. The first kappa shape index (κ1) is 20.7. The van der Waals surface area contributed by atoms with E-state index in [1.54, 1.807) is 6.07 Å².